The van der Waals surface area contributed by atoms with E-state index in [1.807, 2.05) is 0 Å². The smallest absolute Gasteiger partial charge is 0.309 e. The first-order chi connectivity index (χ1) is 25.7. The number of ketones is 1. The summed E-state index contributed by atoms with van der Waals surface area (Å²) in [5.74, 6) is 1.42. The third-order valence-corrected chi connectivity index (χ3v) is 16.4. The monoisotopic (exact) mass is 759 g/mol. The van der Waals surface area contributed by atoms with Crippen LogP contribution in [0.15, 0.2) is 41.5 Å². The first-order valence-electron chi connectivity index (χ1n) is 21.9. The van der Waals surface area contributed by atoms with Crippen molar-refractivity contribution in [2.75, 3.05) is 40.3 Å². The fourth-order valence-corrected chi connectivity index (χ4v) is 13.5. The number of nitrogens with zero attached hydrogens (tertiary/aromatic N) is 2. The molecule has 5 aliphatic rings. The van der Waals surface area contributed by atoms with Crippen LogP contribution in [0.3, 0.4) is 0 Å². The topological polar surface area (TPSA) is 87.2 Å². The van der Waals surface area contributed by atoms with E-state index in [9.17, 15) is 19.5 Å². The lowest BCUT2D eigenvalue weighted by molar-refractivity contribution is -0.214. The summed E-state index contributed by atoms with van der Waals surface area (Å²) in [5.41, 5.74) is 3.17. The van der Waals surface area contributed by atoms with E-state index in [1.54, 1.807) is 19.4 Å². The van der Waals surface area contributed by atoms with Crippen LogP contribution in [0.25, 0.3) is 0 Å². The zero-order chi connectivity index (χ0) is 40.1. The number of hydrogen-bond donors (Lipinski definition) is 1. The van der Waals surface area contributed by atoms with Gasteiger partial charge in [0.1, 0.15) is 6.10 Å². The fraction of sp³-hybridized carbons (Fsp3) is 0.771. The molecule has 8 atom stereocenters. The van der Waals surface area contributed by atoms with Crippen LogP contribution in [0.5, 0.6) is 0 Å². The molecule has 0 heterocycles. The van der Waals surface area contributed by atoms with E-state index in [-0.39, 0.29) is 40.1 Å². The molecule has 0 aliphatic heterocycles. The Labute approximate surface area is 333 Å². The largest absolute Gasteiger partial charge is 0.481 e. The fourth-order valence-electron chi connectivity index (χ4n) is 13.5. The second-order valence-corrected chi connectivity index (χ2v) is 21.2. The Morgan fingerprint density at radius 3 is 2.22 bits per heavy atom. The van der Waals surface area contributed by atoms with E-state index in [0.717, 1.165) is 64.7 Å². The van der Waals surface area contributed by atoms with Gasteiger partial charge in [-0.1, -0.05) is 77.4 Å². The average Bonchev–Trinajstić information content (AvgIpc) is 3.41. The van der Waals surface area contributed by atoms with E-state index >= 15 is 0 Å². The van der Waals surface area contributed by atoms with Crippen LogP contribution < -0.4 is 0 Å². The van der Waals surface area contributed by atoms with Gasteiger partial charge in [0.2, 0.25) is 0 Å². The van der Waals surface area contributed by atoms with Crippen LogP contribution in [-0.4, -0.2) is 79.0 Å². The highest BCUT2D eigenvalue weighted by Crippen LogP contribution is 2.73. The number of benzene rings is 1. The first kappa shape index (κ1) is 42.1. The minimum Gasteiger partial charge on any atom is -0.481 e. The van der Waals surface area contributed by atoms with E-state index in [1.165, 1.54) is 36.8 Å². The molecule has 5 aliphatic carbocycles. The van der Waals surface area contributed by atoms with Crippen LogP contribution in [0.2, 0.25) is 0 Å². The number of Topliss-reactive ketones (excluding diaryl/α,β-unsaturated/α-hetero) is 1. The van der Waals surface area contributed by atoms with Gasteiger partial charge in [0.25, 0.3) is 0 Å². The molecule has 0 aromatic heterocycles. The van der Waals surface area contributed by atoms with Crippen molar-refractivity contribution in [3.63, 3.8) is 0 Å². The van der Waals surface area contributed by atoms with Crippen molar-refractivity contribution in [2.24, 2.45) is 56.7 Å². The second-order valence-electron chi connectivity index (χ2n) is 21.2. The van der Waals surface area contributed by atoms with Gasteiger partial charge in [0.15, 0.2) is 5.78 Å². The average molecular weight is 759 g/mol. The molecule has 4 saturated carbocycles. The molecule has 306 valence electrons. The Bertz CT molecular complexity index is 1610. The van der Waals surface area contributed by atoms with Crippen molar-refractivity contribution in [2.45, 2.75) is 139 Å². The van der Waals surface area contributed by atoms with Crippen molar-refractivity contribution in [3.8, 4) is 0 Å². The number of carboxylic acid groups (broad SMARTS) is 1. The number of fused-ring (bicyclic) bond motifs is 7. The number of aliphatic carboxylic acids is 1. The molecule has 6 rings (SSSR count). The summed E-state index contributed by atoms with van der Waals surface area (Å²) in [5, 5.41) is 9.63. The van der Waals surface area contributed by atoms with Crippen LogP contribution in [0.1, 0.15) is 132 Å². The highest BCUT2D eigenvalue weighted by atomic mass is 16.5. The molecule has 7 heteroatoms. The number of carbonyl (C=O) groups is 3. The lowest BCUT2D eigenvalue weighted by atomic mass is 9.36. The molecule has 8 unspecified atom stereocenters. The number of carboxylic acids is 1. The van der Waals surface area contributed by atoms with Gasteiger partial charge in [-0.05, 0) is 150 Å². The molecular formula is C48H74N2O5. The Hall–Kier alpha value is -2.51. The van der Waals surface area contributed by atoms with E-state index < -0.39 is 17.4 Å². The van der Waals surface area contributed by atoms with Gasteiger partial charge < -0.3 is 19.6 Å². The molecule has 0 saturated heterocycles. The number of ether oxygens (including phenoxy) is 1. The molecule has 1 aromatic rings. The van der Waals surface area contributed by atoms with Gasteiger partial charge >= 0.3 is 11.9 Å². The number of likely N-dealkylation sites (N-methyl/N-ethyl adjacent to an activating group) is 1. The van der Waals surface area contributed by atoms with Gasteiger partial charge in [0, 0.05) is 36.9 Å². The molecule has 4 fully saturated rings. The Morgan fingerprint density at radius 2 is 1.56 bits per heavy atom. The Balaban J connectivity index is 1.22. The van der Waals surface area contributed by atoms with Crippen molar-refractivity contribution in [1.82, 2.24) is 9.80 Å². The molecule has 7 nitrogen and oxygen atoms in total. The summed E-state index contributed by atoms with van der Waals surface area (Å²) in [4.78, 5) is 44.0. The summed E-state index contributed by atoms with van der Waals surface area (Å²) in [6.45, 7) is 21.7. The molecular weight excluding hydrogens is 685 g/mol. The van der Waals surface area contributed by atoms with Crippen LogP contribution >= 0.6 is 0 Å². The maximum atomic E-state index is 14.2. The Morgan fingerprint density at radius 1 is 0.873 bits per heavy atom. The molecule has 0 spiro atoms. The maximum absolute atomic E-state index is 14.2. The highest BCUT2D eigenvalue weighted by Gasteiger charge is 2.66. The van der Waals surface area contributed by atoms with Crippen molar-refractivity contribution in [3.05, 3.63) is 47.0 Å². The number of hydrogen-bond acceptors (Lipinski definition) is 6. The minimum atomic E-state index is -1.14. The van der Waals surface area contributed by atoms with E-state index in [4.69, 9.17) is 4.74 Å². The predicted octanol–water partition coefficient (Wildman–Crippen LogP) is 9.49. The quantitative estimate of drug-likeness (QED) is 0.189. The highest BCUT2D eigenvalue weighted by molar-refractivity contribution is 6.00. The molecule has 1 aromatic carbocycles. The summed E-state index contributed by atoms with van der Waals surface area (Å²) in [6.07, 6.45) is 11.4. The molecule has 0 amide bonds. The summed E-state index contributed by atoms with van der Waals surface area (Å²) >= 11 is 0. The lowest BCUT2D eigenvalue weighted by Gasteiger charge is -2.69. The molecule has 0 bridgehead atoms. The lowest BCUT2D eigenvalue weighted by Crippen LogP contribution is -2.63. The van der Waals surface area contributed by atoms with Gasteiger partial charge in [-0.25, -0.2) is 0 Å². The molecule has 0 radical (unpaired) electrons. The van der Waals surface area contributed by atoms with Crippen LogP contribution in [-0.2, 0) is 25.5 Å². The van der Waals surface area contributed by atoms with Crippen molar-refractivity contribution < 1.29 is 24.2 Å². The van der Waals surface area contributed by atoms with Gasteiger partial charge in [-0.3, -0.25) is 14.4 Å². The standard InChI is InChI=1S/C48H74N2O5/c1-32(2)41-36(51)30-48(25-27-50(29-28-49(9)10)26-21-33-14-12-11-13-15-33)24-18-35-34(42(41)48)16-17-38-46(35,7)22-19-37-45(5,6)39(20-23-47(37,38)8)55-40(52)31-44(3,4)43(53)54/h11-15,32,34-35,37-39H,16-31H2,1-10H3,(H,53,54). The van der Waals surface area contributed by atoms with Gasteiger partial charge in [0.05, 0.1) is 11.8 Å². The third-order valence-electron chi connectivity index (χ3n) is 16.4. The zero-order valence-electron chi connectivity index (χ0n) is 36.1. The van der Waals surface area contributed by atoms with Crippen molar-refractivity contribution in [1.29, 1.82) is 0 Å². The maximum Gasteiger partial charge on any atom is 0.309 e. The number of esters is 1. The SMILES string of the molecule is CC(C)C1=C2C3CCC4C(C)(CCC5C(C)(C)C(OC(=O)CC(C)(C)C(=O)O)CCC54C)C3CCC2(CCN(CCc2ccccc2)CCN(C)C)CC1=O. The number of carbonyl (C=O) groups excluding carboxylic acids is 2. The van der Waals surface area contributed by atoms with Gasteiger partial charge in [-0.2, -0.15) is 0 Å². The third kappa shape index (κ3) is 7.88. The summed E-state index contributed by atoms with van der Waals surface area (Å²) < 4.78 is 6.19. The molecule has 55 heavy (non-hydrogen) atoms. The first-order valence-corrected chi connectivity index (χ1v) is 21.9. The minimum absolute atomic E-state index is 0.00952. The Kier molecular flexibility index (Phi) is 12.0. The number of allylic oxidation sites excluding steroid dienone is 2. The van der Waals surface area contributed by atoms with E-state index in [0.29, 0.717) is 35.9 Å². The van der Waals surface area contributed by atoms with Gasteiger partial charge in [-0.15, -0.1) is 0 Å². The van der Waals surface area contributed by atoms with Crippen LogP contribution in [0, 0.1) is 56.7 Å². The normalized spacial score (nSPS) is 34.3. The molecule has 1 N–H and O–H groups in total. The predicted molar refractivity (Wildman–Crippen MR) is 220 cm³/mol. The van der Waals surface area contributed by atoms with Crippen molar-refractivity contribution >= 4 is 17.7 Å². The summed E-state index contributed by atoms with van der Waals surface area (Å²) in [7, 11) is 4.33. The number of rotatable bonds is 14. The summed E-state index contributed by atoms with van der Waals surface area (Å²) in [6, 6.07) is 10.9. The van der Waals surface area contributed by atoms with Crippen LogP contribution in [0.4, 0.5) is 0 Å². The van der Waals surface area contributed by atoms with E-state index in [2.05, 4.69) is 95.8 Å². The zero-order valence-corrected chi connectivity index (χ0v) is 36.1. The second kappa shape index (κ2) is 15.7.